The predicted molar refractivity (Wildman–Crippen MR) is 67.5 cm³/mol. The Labute approximate surface area is 94.0 Å². The SMILES string of the molecule is C=C/C(=C\C=C/C)N(CC)C(C)=O.CC. The summed E-state index contributed by atoms with van der Waals surface area (Å²) < 4.78 is 0. The number of allylic oxidation sites excluding steroid dienone is 4. The van der Waals surface area contributed by atoms with E-state index in [1.807, 2.05) is 45.9 Å². The van der Waals surface area contributed by atoms with E-state index in [-0.39, 0.29) is 5.91 Å². The summed E-state index contributed by atoms with van der Waals surface area (Å²) >= 11 is 0. The summed E-state index contributed by atoms with van der Waals surface area (Å²) in [4.78, 5) is 12.8. The molecule has 0 aliphatic carbocycles. The smallest absolute Gasteiger partial charge is 0.223 e. The van der Waals surface area contributed by atoms with Crippen LogP contribution in [0.5, 0.6) is 0 Å². The molecule has 0 radical (unpaired) electrons. The molecular weight excluding hydrogens is 186 g/mol. The first kappa shape index (κ1) is 16.1. The normalized spacial score (nSPS) is 10.6. The van der Waals surface area contributed by atoms with Crippen LogP contribution in [0.4, 0.5) is 0 Å². The minimum atomic E-state index is 0.0400. The van der Waals surface area contributed by atoms with E-state index in [4.69, 9.17) is 0 Å². The van der Waals surface area contributed by atoms with E-state index in [1.165, 1.54) is 0 Å². The Balaban J connectivity index is 0. The van der Waals surface area contributed by atoms with Crippen molar-refractivity contribution < 1.29 is 4.79 Å². The molecule has 2 nitrogen and oxygen atoms in total. The highest BCUT2D eigenvalue weighted by Gasteiger charge is 2.07. The van der Waals surface area contributed by atoms with Crippen molar-refractivity contribution in [2.75, 3.05) is 6.54 Å². The van der Waals surface area contributed by atoms with Gasteiger partial charge in [0, 0.05) is 19.2 Å². The Morgan fingerprint density at radius 1 is 1.40 bits per heavy atom. The number of amides is 1. The van der Waals surface area contributed by atoms with Crippen molar-refractivity contribution >= 4 is 5.91 Å². The lowest BCUT2D eigenvalue weighted by Crippen LogP contribution is -2.26. The third-order valence-electron chi connectivity index (χ3n) is 1.68. The average molecular weight is 209 g/mol. The van der Waals surface area contributed by atoms with Crippen molar-refractivity contribution in [3.05, 3.63) is 36.6 Å². The fraction of sp³-hybridized carbons (Fsp3) is 0.462. The first-order valence-corrected chi connectivity index (χ1v) is 5.40. The number of carbonyl (C=O) groups is 1. The molecule has 1 amide bonds. The molecule has 86 valence electrons. The van der Waals surface area contributed by atoms with Gasteiger partial charge < -0.3 is 4.90 Å². The molecule has 0 saturated heterocycles. The van der Waals surface area contributed by atoms with Crippen LogP contribution in [0.1, 0.15) is 34.6 Å². The molecule has 15 heavy (non-hydrogen) atoms. The van der Waals surface area contributed by atoms with E-state index in [0.29, 0.717) is 6.54 Å². The lowest BCUT2D eigenvalue weighted by molar-refractivity contribution is -0.126. The van der Waals surface area contributed by atoms with Crippen LogP contribution >= 0.6 is 0 Å². The zero-order valence-electron chi connectivity index (χ0n) is 10.6. The molecule has 0 unspecified atom stereocenters. The van der Waals surface area contributed by atoms with Crippen LogP contribution in [-0.4, -0.2) is 17.4 Å². The highest BCUT2D eigenvalue weighted by atomic mass is 16.2. The van der Waals surface area contributed by atoms with Gasteiger partial charge in [-0.15, -0.1) is 0 Å². The van der Waals surface area contributed by atoms with Gasteiger partial charge in [-0.25, -0.2) is 0 Å². The molecule has 0 aromatic heterocycles. The lowest BCUT2D eigenvalue weighted by Gasteiger charge is -2.19. The van der Waals surface area contributed by atoms with E-state index in [9.17, 15) is 4.79 Å². The zero-order valence-corrected chi connectivity index (χ0v) is 10.6. The maximum absolute atomic E-state index is 11.2. The van der Waals surface area contributed by atoms with Gasteiger partial charge in [0.1, 0.15) is 0 Å². The molecule has 0 N–H and O–H groups in total. The van der Waals surface area contributed by atoms with Crippen LogP contribution < -0.4 is 0 Å². The second kappa shape index (κ2) is 10.8. The lowest BCUT2D eigenvalue weighted by atomic mass is 10.3. The van der Waals surface area contributed by atoms with E-state index in [1.54, 1.807) is 17.9 Å². The maximum Gasteiger partial charge on any atom is 0.223 e. The van der Waals surface area contributed by atoms with E-state index in [0.717, 1.165) is 5.70 Å². The third kappa shape index (κ3) is 6.72. The number of hydrogen-bond donors (Lipinski definition) is 0. The standard InChI is InChI=1S/C11H17NO.C2H6/c1-5-8-9-11(6-2)12(7-3)10(4)13;1-2/h5-6,8-9H,2,7H2,1,3-4H3;1-2H3/b8-5-,11-9+;. The van der Waals surface area contributed by atoms with Gasteiger partial charge in [0.05, 0.1) is 0 Å². The number of rotatable bonds is 4. The zero-order chi connectivity index (χ0) is 12.3. The molecule has 0 aromatic rings. The van der Waals surface area contributed by atoms with Crippen molar-refractivity contribution in [1.29, 1.82) is 0 Å². The molecule has 0 saturated carbocycles. The Kier molecular flexibility index (Phi) is 11.6. The topological polar surface area (TPSA) is 20.3 Å². The van der Waals surface area contributed by atoms with Crippen LogP contribution in [0.15, 0.2) is 36.6 Å². The molecule has 0 aliphatic rings. The average Bonchev–Trinajstić information content (AvgIpc) is 2.26. The highest BCUT2D eigenvalue weighted by Crippen LogP contribution is 2.05. The first-order valence-electron chi connectivity index (χ1n) is 5.40. The molecule has 0 aliphatic heterocycles. The summed E-state index contributed by atoms with van der Waals surface area (Å²) in [6.07, 6.45) is 7.36. The van der Waals surface area contributed by atoms with Crippen molar-refractivity contribution in [3.63, 3.8) is 0 Å². The van der Waals surface area contributed by atoms with E-state index < -0.39 is 0 Å². The Hall–Kier alpha value is -1.31. The number of carbonyl (C=O) groups excluding carboxylic acids is 1. The Morgan fingerprint density at radius 3 is 2.20 bits per heavy atom. The molecule has 2 heteroatoms. The molecular formula is C13H23NO. The van der Waals surface area contributed by atoms with Crippen LogP contribution in [-0.2, 0) is 4.79 Å². The first-order chi connectivity index (χ1) is 7.17. The summed E-state index contributed by atoms with van der Waals surface area (Å²) in [6.45, 7) is 13.8. The largest absolute Gasteiger partial charge is 0.313 e. The molecule has 0 rings (SSSR count). The number of likely N-dealkylation sites (N-methyl/N-ethyl adjacent to an activating group) is 1. The highest BCUT2D eigenvalue weighted by molar-refractivity contribution is 5.75. The van der Waals surface area contributed by atoms with Gasteiger partial charge in [-0.05, 0) is 26.0 Å². The van der Waals surface area contributed by atoms with Crippen molar-refractivity contribution in [2.24, 2.45) is 0 Å². The summed E-state index contributed by atoms with van der Waals surface area (Å²) in [7, 11) is 0. The van der Waals surface area contributed by atoms with Crippen LogP contribution in [0, 0.1) is 0 Å². The summed E-state index contributed by atoms with van der Waals surface area (Å²) in [5.74, 6) is 0.0400. The quantitative estimate of drug-likeness (QED) is 0.649. The fourth-order valence-electron chi connectivity index (χ4n) is 1.05. The van der Waals surface area contributed by atoms with Gasteiger partial charge in [0.25, 0.3) is 0 Å². The van der Waals surface area contributed by atoms with Gasteiger partial charge in [-0.3, -0.25) is 4.79 Å². The second-order valence-corrected chi connectivity index (χ2v) is 2.58. The van der Waals surface area contributed by atoms with Gasteiger partial charge in [-0.1, -0.05) is 32.6 Å². The van der Waals surface area contributed by atoms with E-state index >= 15 is 0 Å². The molecule has 0 atom stereocenters. The van der Waals surface area contributed by atoms with E-state index in [2.05, 4.69) is 6.58 Å². The second-order valence-electron chi connectivity index (χ2n) is 2.58. The molecule has 0 aromatic carbocycles. The maximum atomic E-state index is 11.2. The molecule has 0 heterocycles. The fourth-order valence-corrected chi connectivity index (χ4v) is 1.05. The predicted octanol–water partition coefficient (Wildman–Crippen LogP) is 3.53. The summed E-state index contributed by atoms with van der Waals surface area (Å²) in [5, 5.41) is 0. The van der Waals surface area contributed by atoms with Crippen LogP contribution in [0.3, 0.4) is 0 Å². The monoisotopic (exact) mass is 209 g/mol. The Morgan fingerprint density at radius 2 is 1.93 bits per heavy atom. The molecule has 0 fully saturated rings. The van der Waals surface area contributed by atoms with Crippen LogP contribution in [0.2, 0.25) is 0 Å². The van der Waals surface area contributed by atoms with Crippen molar-refractivity contribution in [1.82, 2.24) is 4.90 Å². The van der Waals surface area contributed by atoms with Gasteiger partial charge in [0.2, 0.25) is 5.91 Å². The molecule has 0 spiro atoms. The Bertz CT molecular complexity index is 239. The third-order valence-corrected chi connectivity index (χ3v) is 1.68. The minimum absolute atomic E-state index is 0.0400. The van der Waals surface area contributed by atoms with Crippen LogP contribution in [0.25, 0.3) is 0 Å². The van der Waals surface area contributed by atoms with Crippen molar-refractivity contribution in [2.45, 2.75) is 34.6 Å². The number of nitrogens with zero attached hydrogens (tertiary/aromatic N) is 1. The summed E-state index contributed by atoms with van der Waals surface area (Å²) in [5.41, 5.74) is 0.841. The van der Waals surface area contributed by atoms with Gasteiger partial charge in [-0.2, -0.15) is 0 Å². The van der Waals surface area contributed by atoms with Gasteiger partial charge in [0.15, 0.2) is 0 Å². The van der Waals surface area contributed by atoms with Crippen molar-refractivity contribution in [3.8, 4) is 0 Å². The molecule has 0 bridgehead atoms. The number of hydrogen-bond acceptors (Lipinski definition) is 1. The van der Waals surface area contributed by atoms with Gasteiger partial charge >= 0.3 is 0 Å². The summed E-state index contributed by atoms with van der Waals surface area (Å²) in [6, 6.07) is 0. The minimum Gasteiger partial charge on any atom is -0.313 e.